The van der Waals surface area contributed by atoms with Gasteiger partial charge in [0.05, 0.1) is 5.82 Å². The van der Waals surface area contributed by atoms with Gasteiger partial charge in [-0.15, -0.1) is 12.1 Å². The molecule has 0 bridgehead atoms. The summed E-state index contributed by atoms with van der Waals surface area (Å²) < 4.78 is 48.9. The van der Waals surface area contributed by atoms with Gasteiger partial charge in [0.1, 0.15) is 0 Å². The van der Waals surface area contributed by atoms with Crippen molar-refractivity contribution in [2.75, 3.05) is 0 Å². The van der Waals surface area contributed by atoms with Gasteiger partial charge in [-0.25, -0.2) is 4.39 Å². The standard InChI is InChI=1S/C9H7F4/c1-6(9(11,12)13)7-3-2-4-8(10)5-7/h2-5H,1H3/q-1. The van der Waals surface area contributed by atoms with E-state index in [0.29, 0.717) is 0 Å². The SMILES string of the molecule is C[C-](c1cccc(F)c1)C(F)(F)F. The highest BCUT2D eigenvalue weighted by atomic mass is 19.4. The van der Waals surface area contributed by atoms with Crippen LogP contribution in [0.15, 0.2) is 24.3 Å². The Bertz CT molecular complexity index is 290. The lowest BCUT2D eigenvalue weighted by Gasteiger charge is -2.23. The first kappa shape index (κ1) is 9.89. The fraction of sp³-hybridized carbons (Fsp3) is 0.222. The quantitative estimate of drug-likeness (QED) is 0.471. The summed E-state index contributed by atoms with van der Waals surface area (Å²) in [6, 6.07) is 4.45. The third-order valence-electron chi connectivity index (χ3n) is 1.68. The lowest BCUT2D eigenvalue weighted by Crippen LogP contribution is -2.18. The Hall–Kier alpha value is -1.19. The summed E-state index contributed by atoms with van der Waals surface area (Å²) in [5.74, 6) is -1.45. The zero-order valence-electron chi connectivity index (χ0n) is 6.82. The van der Waals surface area contributed by atoms with Crippen molar-refractivity contribution in [2.24, 2.45) is 0 Å². The number of rotatable bonds is 1. The van der Waals surface area contributed by atoms with Crippen LogP contribution in [-0.4, -0.2) is 6.18 Å². The van der Waals surface area contributed by atoms with Crippen molar-refractivity contribution in [2.45, 2.75) is 13.1 Å². The highest BCUT2D eigenvalue weighted by Crippen LogP contribution is 2.33. The lowest BCUT2D eigenvalue weighted by molar-refractivity contribution is -0.108. The summed E-state index contributed by atoms with van der Waals surface area (Å²) in [6.07, 6.45) is -4.40. The summed E-state index contributed by atoms with van der Waals surface area (Å²) in [7, 11) is 0. The molecule has 0 aliphatic rings. The molecule has 0 spiro atoms. The van der Waals surface area contributed by atoms with Crippen molar-refractivity contribution in [1.29, 1.82) is 0 Å². The third-order valence-corrected chi connectivity index (χ3v) is 1.68. The molecule has 0 fully saturated rings. The van der Waals surface area contributed by atoms with Gasteiger partial charge in [0.25, 0.3) is 0 Å². The Morgan fingerprint density at radius 2 is 1.85 bits per heavy atom. The minimum absolute atomic E-state index is 0.132. The number of hydrogen-bond donors (Lipinski definition) is 0. The van der Waals surface area contributed by atoms with Gasteiger partial charge in [-0.1, -0.05) is 18.9 Å². The van der Waals surface area contributed by atoms with E-state index in [2.05, 4.69) is 0 Å². The van der Waals surface area contributed by atoms with E-state index in [4.69, 9.17) is 0 Å². The molecule has 0 N–H and O–H groups in total. The Kier molecular flexibility index (Phi) is 2.50. The molecule has 0 saturated heterocycles. The first-order valence-electron chi connectivity index (χ1n) is 3.58. The molecule has 1 aromatic carbocycles. The zero-order chi connectivity index (χ0) is 10.1. The van der Waals surface area contributed by atoms with Crippen molar-refractivity contribution in [3.05, 3.63) is 41.6 Å². The maximum absolute atomic E-state index is 12.5. The van der Waals surface area contributed by atoms with Crippen molar-refractivity contribution in [1.82, 2.24) is 0 Å². The molecule has 1 aromatic rings. The van der Waals surface area contributed by atoms with Crippen LogP contribution in [0.3, 0.4) is 0 Å². The molecule has 0 amide bonds. The molecule has 0 radical (unpaired) electrons. The minimum atomic E-state index is -4.40. The third kappa shape index (κ3) is 2.37. The van der Waals surface area contributed by atoms with Gasteiger partial charge in [0.15, 0.2) is 0 Å². The summed E-state index contributed by atoms with van der Waals surface area (Å²) in [6.45, 7) is 0.925. The molecule has 0 atom stereocenters. The molecule has 0 aliphatic heterocycles. The normalized spacial score (nSPS) is 11.5. The van der Waals surface area contributed by atoms with Crippen LogP contribution < -0.4 is 0 Å². The molecule has 72 valence electrons. The first-order valence-corrected chi connectivity index (χ1v) is 3.58. The van der Waals surface area contributed by atoms with Crippen LogP contribution in [0, 0.1) is 11.7 Å². The Morgan fingerprint density at radius 3 is 2.31 bits per heavy atom. The first-order chi connectivity index (χ1) is 5.91. The molecule has 0 nitrogen and oxygen atoms in total. The number of hydrogen-bond acceptors (Lipinski definition) is 0. The van der Waals surface area contributed by atoms with E-state index in [1.807, 2.05) is 0 Å². The van der Waals surface area contributed by atoms with Crippen LogP contribution in [0.2, 0.25) is 0 Å². The smallest absolute Gasteiger partial charge is 0.222 e. The fourth-order valence-corrected chi connectivity index (χ4v) is 0.885. The van der Waals surface area contributed by atoms with Gasteiger partial charge in [0.2, 0.25) is 0 Å². The van der Waals surface area contributed by atoms with Gasteiger partial charge in [0, 0.05) is 0 Å². The largest absolute Gasteiger partial charge is 0.367 e. The average Bonchev–Trinajstić information content (AvgIpc) is 2.01. The van der Waals surface area contributed by atoms with Crippen molar-refractivity contribution in [3.63, 3.8) is 0 Å². The topological polar surface area (TPSA) is 0 Å². The van der Waals surface area contributed by atoms with Gasteiger partial charge < -0.3 is 0 Å². The van der Waals surface area contributed by atoms with E-state index in [0.717, 1.165) is 19.1 Å². The summed E-state index contributed by atoms with van der Waals surface area (Å²) in [5, 5.41) is 0. The predicted molar refractivity (Wildman–Crippen MR) is 40.5 cm³/mol. The molecule has 0 aromatic heterocycles. The van der Waals surface area contributed by atoms with Crippen LogP contribution in [0.25, 0.3) is 0 Å². The minimum Gasteiger partial charge on any atom is -0.222 e. The molecular formula is C9H7F4-. The molecule has 4 heteroatoms. The second-order valence-corrected chi connectivity index (χ2v) is 2.63. The summed E-state index contributed by atoms with van der Waals surface area (Å²) in [4.78, 5) is 0. The van der Waals surface area contributed by atoms with E-state index < -0.39 is 17.9 Å². The molecular weight excluding hydrogens is 184 g/mol. The highest BCUT2D eigenvalue weighted by molar-refractivity contribution is 5.32. The van der Waals surface area contributed by atoms with Gasteiger partial charge >= 0.3 is 6.18 Å². The highest BCUT2D eigenvalue weighted by Gasteiger charge is 2.30. The maximum atomic E-state index is 12.5. The van der Waals surface area contributed by atoms with Gasteiger partial charge in [-0.2, -0.15) is 24.8 Å². The van der Waals surface area contributed by atoms with Crippen LogP contribution in [-0.2, 0) is 0 Å². The molecule has 0 heterocycles. The van der Waals surface area contributed by atoms with E-state index in [1.54, 1.807) is 0 Å². The van der Waals surface area contributed by atoms with Crippen LogP contribution >= 0.6 is 0 Å². The zero-order valence-corrected chi connectivity index (χ0v) is 6.82. The average molecular weight is 191 g/mol. The van der Waals surface area contributed by atoms with Crippen LogP contribution in [0.4, 0.5) is 17.6 Å². The van der Waals surface area contributed by atoms with Crippen molar-refractivity contribution < 1.29 is 17.6 Å². The summed E-state index contributed by atoms with van der Waals surface area (Å²) >= 11 is 0. The molecule has 13 heavy (non-hydrogen) atoms. The Morgan fingerprint density at radius 1 is 1.23 bits per heavy atom. The molecule has 0 unspecified atom stereocenters. The predicted octanol–water partition coefficient (Wildman–Crippen LogP) is 3.33. The van der Waals surface area contributed by atoms with Crippen molar-refractivity contribution in [3.8, 4) is 0 Å². The molecule has 0 saturated carbocycles. The Balaban J connectivity index is 2.96. The second-order valence-electron chi connectivity index (χ2n) is 2.63. The monoisotopic (exact) mass is 191 g/mol. The van der Waals surface area contributed by atoms with Crippen molar-refractivity contribution >= 4 is 0 Å². The molecule has 0 aliphatic carbocycles. The van der Waals surface area contributed by atoms with Crippen LogP contribution in [0.1, 0.15) is 12.5 Å². The molecule has 1 rings (SSSR count). The maximum Gasteiger partial charge on any atom is 0.367 e. The van der Waals surface area contributed by atoms with Gasteiger partial charge in [-0.05, 0) is 0 Å². The summed E-state index contributed by atoms with van der Waals surface area (Å²) in [5.41, 5.74) is -0.132. The van der Waals surface area contributed by atoms with E-state index in [-0.39, 0.29) is 5.56 Å². The van der Waals surface area contributed by atoms with E-state index in [1.165, 1.54) is 12.1 Å². The van der Waals surface area contributed by atoms with Gasteiger partial charge in [-0.3, -0.25) is 0 Å². The van der Waals surface area contributed by atoms with E-state index in [9.17, 15) is 17.6 Å². The fourth-order valence-electron chi connectivity index (χ4n) is 0.885. The number of halogens is 4. The Labute approximate surface area is 73.2 Å². The van der Waals surface area contributed by atoms with Crippen LogP contribution in [0.5, 0.6) is 0 Å². The number of benzene rings is 1. The van der Waals surface area contributed by atoms with E-state index >= 15 is 0 Å². The number of alkyl halides is 3. The lowest BCUT2D eigenvalue weighted by atomic mass is 10.0. The second kappa shape index (κ2) is 3.28.